The number of unbranched alkanes of at least 4 members (excludes halogenated alkanes) is 1. The van der Waals surface area contributed by atoms with Gasteiger partial charge in [-0.2, -0.15) is 0 Å². The van der Waals surface area contributed by atoms with E-state index in [-0.39, 0.29) is 11.6 Å². The first-order chi connectivity index (χ1) is 7.61. The maximum Gasteiger partial charge on any atom is 0.357 e. The molecule has 6 nitrogen and oxygen atoms in total. The Bertz CT molecular complexity index is 378. The number of thiazole rings is 1. The number of nitrogens with two attached hydrogens (primary N) is 1. The molecule has 1 amide bonds. The van der Waals surface area contributed by atoms with E-state index in [1.54, 1.807) is 0 Å². The Morgan fingerprint density at radius 1 is 1.50 bits per heavy atom. The van der Waals surface area contributed by atoms with Crippen LogP contribution in [0.25, 0.3) is 0 Å². The first kappa shape index (κ1) is 12.4. The van der Waals surface area contributed by atoms with E-state index in [1.807, 2.05) is 0 Å². The summed E-state index contributed by atoms with van der Waals surface area (Å²) >= 11 is 1.25. The molecule has 0 spiro atoms. The van der Waals surface area contributed by atoms with Crippen LogP contribution in [0, 0.1) is 0 Å². The van der Waals surface area contributed by atoms with Crippen LogP contribution in [0.2, 0.25) is 0 Å². The van der Waals surface area contributed by atoms with Crippen LogP contribution in [0.5, 0.6) is 0 Å². The predicted octanol–water partition coefficient (Wildman–Crippen LogP) is 0.909. The summed E-state index contributed by atoms with van der Waals surface area (Å²) in [6.45, 7) is 0.607. The summed E-state index contributed by atoms with van der Waals surface area (Å²) in [6.07, 6.45) is 1.82. The molecule has 1 rings (SSSR count). The highest BCUT2D eigenvalue weighted by atomic mass is 32.1. The Balaban J connectivity index is 2.29. The van der Waals surface area contributed by atoms with Crippen molar-refractivity contribution in [2.45, 2.75) is 19.3 Å². The van der Waals surface area contributed by atoms with Crippen molar-refractivity contribution in [2.24, 2.45) is 5.73 Å². The molecular formula is C9H13N3O3S. The molecular weight excluding hydrogens is 230 g/mol. The zero-order chi connectivity index (χ0) is 12.0. The average molecular weight is 243 g/mol. The standard InChI is InChI=1S/C9H13N3O3S/c10-6(13)3-1-2-4-11-8-7(9(14)15)12-5-16-8/h5,11H,1-4H2,(H2,10,13)(H,14,15). The number of hydrogen-bond acceptors (Lipinski definition) is 5. The summed E-state index contributed by atoms with van der Waals surface area (Å²) in [4.78, 5) is 24.9. The first-order valence-corrected chi connectivity index (χ1v) is 5.68. The van der Waals surface area contributed by atoms with Gasteiger partial charge in [0.15, 0.2) is 5.69 Å². The van der Waals surface area contributed by atoms with Gasteiger partial charge in [-0.05, 0) is 12.8 Å². The molecule has 0 bridgehead atoms. The first-order valence-electron chi connectivity index (χ1n) is 4.80. The molecule has 1 heterocycles. The highest BCUT2D eigenvalue weighted by Gasteiger charge is 2.12. The number of aromatic nitrogens is 1. The van der Waals surface area contributed by atoms with Crippen LogP contribution in [0.3, 0.4) is 0 Å². The Kier molecular flexibility index (Phi) is 4.71. The third-order valence-electron chi connectivity index (χ3n) is 1.91. The second kappa shape index (κ2) is 6.06. The largest absolute Gasteiger partial charge is 0.476 e. The van der Waals surface area contributed by atoms with E-state index in [9.17, 15) is 9.59 Å². The molecule has 0 saturated carbocycles. The molecule has 0 atom stereocenters. The molecule has 0 unspecified atom stereocenters. The Morgan fingerprint density at radius 2 is 2.25 bits per heavy atom. The topological polar surface area (TPSA) is 105 Å². The third kappa shape index (κ3) is 3.85. The molecule has 88 valence electrons. The summed E-state index contributed by atoms with van der Waals surface area (Å²) in [6, 6.07) is 0. The quantitative estimate of drug-likeness (QED) is 0.617. The van der Waals surface area contributed by atoms with Gasteiger partial charge in [0.1, 0.15) is 5.00 Å². The molecule has 0 aliphatic heterocycles. The van der Waals surface area contributed by atoms with E-state index in [4.69, 9.17) is 10.8 Å². The second-order valence-corrected chi connectivity index (χ2v) is 4.04. The van der Waals surface area contributed by atoms with Crippen molar-refractivity contribution >= 4 is 28.2 Å². The lowest BCUT2D eigenvalue weighted by molar-refractivity contribution is -0.118. The van der Waals surface area contributed by atoms with Gasteiger partial charge < -0.3 is 16.2 Å². The lowest BCUT2D eigenvalue weighted by atomic mass is 10.2. The lowest BCUT2D eigenvalue weighted by Crippen LogP contribution is -2.11. The van der Waals surface area contributed by atoms with Crippen molar-refractivity contribution in [3.8, 4) is 0 Å². The van der Waals surface area contributed by atoms with Crippen molar-refractivity contribution in [2.75, 3.05) is 11.9 Å². The predicted molar refractivity (Wildman–Crippen MR) is 60.6 cm³/mol. The van der Waals surface area contributed by atoms with Gasteiger partial charge >= 0.3 is 5.97 Å². The van der Waals surface area contributed by atoms with E-state index in [0.717, 1.165) is 6.42 Å². The molecule has 0 aliphatic carbocycles. The molecule has 0 saturated heterocycles. The summed E-state index contributed by atoms with van der Waals surface area (Å²) in [5.74, 6) is -1.36. The monoisotopic (exact) mass is 243 g/mol. The Hall–Kier alpha value is -1.63. The molecule has 4 N–H and O–H groups in total. The number of hydrogen-bond donors (Lipinski definition) is 3. The molecule has 1 aromatic rings. The SMILES string of the molecule is NC(=O)CCCCNc1scnc1C(=O)O. The zero-order valence-electron chi connectivity index (χ0n) is 8.60. The van der Waals surface area contributed by atoms with Crippen molar-refractivity contribution in [3.05, 3.63) is 11.2 Å². The summed E-state index contributed by atoms with van der Waals surface area (Å²) in [5.41, 5.74) is 6.51. The maximum atomic E-state index is 10.7. The second-order valence-electron chi connectivity index (χ2n) is 3.19. The van der Waals surface area contributed by atoms with Crippen LogP contribution in [-0.4, -0.2) is 28.5 Å². The van der Waals surface area contributed by atoms with Gasteiger partial charge in [0.2, 0.25) is 5.91 Å². The fourth-order valence-corrected chi connectivity index (χ4v) is 1.85. The van der Waals surface area contributed by atoms with Gasteiger partial charge in [-0.15, -0.1) is 11.3 Å². The molecule has 0 fully saturated rings. The number of carboxylic acids is 1. The van der Waals surface area contributed by atoms with Crippen LogP contribution in [0.15, 0.2) is 5.51 Å². The fraction of sp³-hybridized carbons (Fsp3) is 0.444. The molecule has 1 aromatic heterocycles. The van der Waals surface area contributed by atoms with Crippen LogP contribution in [-0.2, 0) is 4.79 Å². The van der Waals surface area contributed by atoms with Crippen LogP contribution in [0.1, 0.15) is 29.8 Å². The van der Waals surface area contributed by atoms with E-state index in [1.165, 1.54) is 16.8 Å². The number of carbonyl (C=O) groups is 2. The van der Waals surface area contributed by atoms with E-state index >= 15 is 0 Å². The minimum absolute atomic E-state index is 0.0416. The number of aromatic carboxylic acids is 1. The highest BCUT2D eigenvalue weighted by Crippen LogP contribution is 2.19. The zero-order valence-corrected chi connectivity index (χ0v) is 9.42. The number of primary amides is 1. The van der Waals surface area contributed by atoms with Gasteiger partial charge in [0.05, 0.1) is 5.51 Å². The summed E-state index contributed by atoms with van der Waals surface area (Å²) in [5, 5.41) is 12.3. The van der Waals surface area contributed by atoms with Gasteiger partial charge in [-0.3, -0.25) is 4.79 Å². The van der Waals surface area contributed by atoms with Gasteiger partial charge in [0, 0.05) is 13.0 Å². The summed E-state index contributed by atoms with van der Waals surface area (Å²) in [7, 11) is 0. The van der Waals surface area contributed by atoms with E-state index in [0.29, 0.717) is 24.4 Å². The van der Waals surface area contributed by atoms with Crippen molar-refractivity contribution < 1.29 is 14.7 Å². The molecule has 0 aromatic carbocycles. The number of amides is 1. The van der Waals surface area contributed by atoms with E-state index in [2.05, 4.69) is 10.3 Å². The number of nitrogens with zero attached hydrogens (tertiary/aromatic N) is 1. The smallest absolute Gasteiger partial charge is 0.357 e. The Morgan fingerprint density at radius 3 is 2.88 bits per heavy atom. The van der Waals surface area contributed by atoms with Crippen LogP contribution < -0.4 is 11.1 Å². The van der Waals surface area contributed by atoms with Gasteiger partial charge in [0.25, 0.3) is 0 Å². The average Bonchev–Trinajstić information content (AvgIpc) is 2.65. The Labute approximate surface area is 96.5 Å². The number of carbonyl (C=O) groups excluding carboxylic acids is 1. The number of nitrogens with one attached hydrogen (secondary N) is 1. The van der Waals surface area contributed by atoms with Crippen LogP contribution in [0.4, 0.5) is 5.00 Å². The van der Waals surface area contributed by atoms with Gasteiger partial charge in [-0.25, -0.2) is 9.78 Å². The van der Waals surface area contributed by atoms with Gasteiger partial charge in [-0.1, -0.05) is 0 Å². The minimum atomic E-state index is -1.04. The summed E-state index contributed by atoms with van der Waals surface area (Å²) < 4.78 is 0. The minimum Gasteiger partial charge on any atom is -0.476 e. The molecule has 16 heavy (non-hydrogen) atoms. The highest BCUT2D eigenvalue weighted by molar-refractivity contribution is 7.14. The number of anilines is 1. The number of carboxylic acid groups (broad SMARTS) is 1. The lowest BCUT2D eigenvalue weighted by Gasteiger charge is -2.03. The van der Waals surface area contributed by atoms with Crippen molar-refractivity contribution in [1.29, 1.82) is 0 Å². The molecule has 0 radical (unpaired) electrons. The normalized spacial score (nSPS) is 10.0. The third-order valence-corrected chi connectivity index (χ3v) is 2.69. The molecule has 0 aliphatic rings. The van der Waals surface area contributed by atoms with Crippen LogP contribution >= 0.6 is 11.3 Å². The maximum absolute atomic E-state index is 10.7. The van der Waals surface area contributed by atoms with Crippen molar-refractivity contribution in [1.82, 2.24) is 4.98 Å². The number of rotatable bonds is 7. The van der Waals surface area contributed by atoms with E-state index < -0.39 is 5.97 Å². The molecule has 7 heteroatoms. The fourth-order valence-electron chi connectivity index (χ4n) is 1.15. The van der Waals surface area contributed by atoms with Crippen molar-refractivity contribution in [3.63, 3.8) is 0 Å².